The van der Waals surface area contributed by atoms with E-state index >= 15 is 0 Å². The number of hydrogen-bond acceptors (Lipinski definition) is 0. The van der Waals surface area contributed by atoms with Gasteiger partial charge in [0.2, 0.25) is 0 Å². The molecule has 0 aliphatic rings. The van der Waals surface area contributed by atoms with Crippen molar-refractivity contribution in [3.8, 4) is 0 Å². The van der Waals surface area contributed by atoms with Crippen LogP contribution in [-0.4, -0.2) is 48.7 Å². The van der Waals surface area contributed by atoms with Crippen LogP contribution in [0.15, 0.2) is 0 Å². The SMILES string of the molecule is [Ca+2].[Fe].[H-].[H-].[H-].[K+].[SiH3]. The summed E-state index contributed by atoms with van der Waals surface area (Å²) in [4.78, 5) is 0. The van der Waals surface area contributed by atoms with Crippen LogP contribution in [0, 0.1) is 0 Å². The van der Waals surface area contributed by atoms with Gasteiger partial charge in [-0.1, -0.05) is 0 Å². The molecule has 0 spiro atoms. The van der Waals surface area contributed by atoms with E-state index in [-0.39, 0.29) is 121 Å². The van der Waals surface area contributed by atoms with Gasteiger partial charge in [0.15, 0.2) is 0 Å². The zero-order chi connectivity index (χ0) is 0. The van der Waals surface area contributed by atoms with E-state index in [2.05, 4.69) is 0 Å². The third-order valence-electron chi connectivity index (χ3n) is 0. The maximum Gasteiger partial charge on any atom is 2.00 e. The third kappa shape index (κ3) is 9.16. The van der Waals surface area contributed by atoms with Crippen molar-refractivity contribution in [1.82, 2.24) is 0 Å². The Morgan fingerprint density at radius 3 is 1.25 bits per heavy atom. The van der Waals surface area contributed by atoms with Crippen molar-refractivity contribution in [2.75, 3.05) is 0 Å². The molecule has 0 aromatic carbocycles. The fourth-order valence-corrected chi connectivity index (χ4v) is 0. The van der Waals surface area contributed by atoms with Crippen molar-refractivity contribution in [3.05, 3.63) is 0 Å². The standard InChI is InChI=1S/Ca.Fe.K.H3Si.3H/h;;;1H3;;;/q+2;;+1;;3*-1. The molecule has 0 bridgehead atoms. The fourth-order valence-electron chi connectivity index (χ4n) is 0. The van der Waals surface area contributed by atoms with Gasteiger partial charge in [-0.05, 0) is 11.0 Å². The second-order valence-corrected chi connectivity index (χ2v) is 0. The molecule has 1 radical (unpaired) electrons. The van der Waals surface area contributed by atoms with Gasteiger partial charge < -0.3 is 4.28 Å². The van der Waals surface area contributed by atoms with Crippen molar-refractivity contribution in [1.29, 1.82) is 0 Å². The van der Waals surface area contributed by atoms with Crippen LogP contribution in [0.3, 0.4) is 0 Å². The minimum atomic E-state index is 0. The van der Waals surface area contributed by atoms with Crippen LogP contribution in [0.4, 0.5) is 0 Å². The first-order valence-electron chi connectivity index (χ1n) is 0. The molecule has 0 aliphatic carbocycles. The molecule has 0 aliphatic heterocycles. The Morgan fingerprint density at radius 2 is 1.25 bits per heavy atom. The van der Waals surface area contributed by atoms with Crippen LogP contribution >= 0.6 is 0 Å². The smallest absolute Gasteiger partial charge is 1.00 e. The van der Waals surface area contributed by atoms with E-state index in [0.717, 1.165) is 0 Å². The summed E-state index contributed by atoms with van der Waals surface area (Å²) in [5, 5.41) is 0. The van der Waals surface area contributed by atoms with E-state index in [9.17, 15) is 0 Å². The Bertz CT molecular complexity index is 14.9. The topological polar surface area (TPSA) is 0 Å². The monoisotopic (exact) mass is 169 g/mol. The van der Waals surface area contributed by atoms with Crippen LogP contribution in [-0.2, 0) is 17.1 Å². The molecule has 4 heavy (non-hydrogen) atoms. The molecule has 0 atom stereocenters. The van der Waals surface area contributed by atoms with E-state index in [4.69, 9.17) is 0 Å². The first kappa shape index (κ1) is 25.4. The van der Waals surface area contributed by atoms with Crippen molar-refractivity contribution >= 4 is 48.7 Å². The molecule has 0 aromatic heterocycles. The Morgan fingerprint density at radius 1 is 1.25 bits per heavy atom. The second kappa shape index (κ2) is 15.9. The molecule has 0 saturated carbocycles. The van der Waals surface area contributed by atoms with E-state index in [1.807, 2.05) is 0 Å². The van der Waals surface area contributed by atoms with Gasteiger partial charge in [0.05, 0.1) is 0 Å². The van der Waals surface area contributed by atoms with Crippen molar-refractivity contribution in [3.63, 3.8) is 0 Å². The molecule has 0 N–H and O–H groups in total. The Balaban J connectivity index is 0. The second-order valence-electron chi connectivity index (χ2n) is 0. The van der Waals surface area contributed by atoms with Gasteiger partial charge in [-0.25, -0.2) is 0 Å². The summed E-state index contributed by atoms with van der Waals surface area (Å²) in [5.74, 6) is 0. The predicted molar refractivity (Wildman–Crippen MR) is 19.0 cm³/mol. The van der Waals surface area contributed by atoms with Crippen molar-refractivity contribution < 1.29 is 72.7 Å². The van der Waals surface area contributed by atoms with Crippen LogP contribution in [0.5, 0.6) is 0 Å². The van der Waals surface area contributed by atoms with Gasteiger partial charge in [-0.15, -0.1) is 0 Å². The summed E-state index contributed by atoms with van der Waals surface area (Å²) in [7, 11) is 0. The van der Waals surface area contributed by atoms with E-state index in [1.165, 1.54) is 0 Å². The maximum absolute atomic E-state index is 0. The molecule has 0 aromatic rings. The largest absolute Gasteiger partial charge is 2.00 e. The minimum Gasteiger partial charge on any atom is -1.00 e. The van der Waals surface area contributed by atoms with Gasteiger partial charge in [0.1, 0.15) is 0 Å². The summed E-state index contributed by atoms with van der Waals surface area (Å²) in [6.45, 7) is 0. The molecule has 0 amide bonds. The van der Waals surface area contributed by atoms with Gasteiger partial charge in [0.25, 0.3) is 0 Å². The molecule has 0 fully saturated rings. The molecule has 0 rings (SSSR count). The van der Waals surface area contributed by atoms with Gasteiger partial charge in [-0.2, -0.15) is 0 Å². The van der Waals surface area contributed by atoms with Crippen LogP contribution in [0.2, 0.25) is 0 Å². The van der Waals surface area contributed by atoms with Crippen molar-refractivity contribution in [2.45, 2.75) is 0 Å². The van der Waals surface area contributed by atoms with Crippen LogP contribution in [0.25, 0.3) is 0 Å². The zero-order valence-corrected chi connectivity index (χ0v) is 11.5. The number of rotatable bonds is 0. The third-order valence-corrected chi connectivity index (χ3v) is 0. The van der Waals surface area contributed by atoms with E-state index in [0.29, 0.717) is 0 Å². The van der Waals surface area contributed by atoms with E-state index in [1.54, 1.807) is 0 Å². The first-order valence-corrected chi connectivity index (χ1v) is 0. The minimum absolute atomic E-state index is 0. The summed E-state index contributed by atoms with van der Waals surface area (Å²) in [5.41, 5.74) is 0. The quantitative estimate of drug-likeness (QED) is 0.322. The average molecular weight is 169 g/mol. The Kier molecular flexibility index (Phi) is 101. The van der Waals surface area contributed by atoms with Crippen LogP contribution in [0.1, 0.15) is 4.28 Å². The van der Waals surface area contributed by atoms with Gasteiger partial charge in [0, 0.05) is 17.1 Å². The maximum atomic E-state index is 0. The molecule has 0 saturated heterocycles. The molecular formula is H6CaFeKSi. The normalized spacial score (nSPS) is 0. The Labute approximate surface area is 118 Å². The molecule has 0 nitrogen and oxygen atoms in total. The summed E-state index contributed by atoms with van der Waals surface area (Å²) in [6, 6.07) is 0. The molecule has 0 unspecified atom stereocenters. The Hall–Kier alpha value is 3.63. The molecular weight excluding hydrogens is 163 g/mol. The van der Waals surface area contributed by atoms with Crippen LogP contribution < -0.4 is 51.4 Å². The zero-order valence-electron chi connectivity index (χ0n) is 6.06. The molecule has 21 valence electrons. The summed E-state index contributed by atoms with van der Waals surface area (Å²) >= 11 is 0. The van der Waals surface area contributed by atoms with Gasteiger partial charge in [-0.3, -0.25) is 0 Å². The van der Waals surface area contributed by atoms with Crippen molar-refractivity contribution in [2.24, 2.45) is 0 Å². The van der Waals surface area contributed by atoms with E-state index < -0.39 is 0 Å². The summed E-state index contributed by atoms with van der Waals surface area (Å²) in [6.07, 6.45) is 0. The molecule has 4 heteroatoms. The first-order chi connectivity index (χ1) is 0. The predicted octanol–water partition coefficient (Wildman–Crippen LogP) is -4.23. The fraction of sp³-hybridized carbons (Fsp3) is 0. The summed E-state index contributed by atoms with van der Waals surface area (Å²) < 4.78 is 0. The average Bonchev–Trinajstić information content (AvgIpc) is 0. The van der Waals surface area contributed by atoms with Gasteiger partial charge >= 0.3 is 89.1 Å². The number of hydrogen-bond donors (Lipinski definition) is 0. The molecule has 0 heterocycles.